The van der Waals surface area contributed by atoms with Crippen molar-refractivity contribution in [2.75, 3.05) is 4.90 Å². The van der Waals surface area contributed by atoms with Crippen LogP contribution in [0.2, 0.25) is 0 Å². The van der Waals surface area contributed by atoms with Gasteiger partial charge in [0.25, 0.3) is 0 Å². The molecule has 0 radical (unpaired) electrons. The largest absolute Gasteiger partial charge is 0.310 e. The SMILES string of the molecule is c1ccc(-c2cccc(N(c3ccc4ccccc4c3)c3ccccc3-c3ccccc3-c3ccccc3-c3ccccc3)c2)cc1. The zero-order valence-corrected chi connectivity index (χ0v) is 26.0. The Kier molecular flexibility index (Phi) is 7.63. The van der Waals surface area contributed by atoms with E-state index >= 15 is 0 Å². The lowest BCUT2D eigenvalue weighted by Crippen LogP contribution is -2.11. The predicted octanol–water partition coefficient (Wildman–Crippen LogP) is 13.0. The fraction of sp³-hybridized carbons (Fsp3) is 0. The van der Waals surface area contributed by atoms with Gasteiger partial charge in [0.1, 0.15) is 0 Å². The van der Waals surface area contributed by atoms with Crippen molar-refractivity contribution in [3.05, 3.63) is 200 Å². The third-order valence-corrected chi connectivity index (χ3v) is 8.87. The average Bonchev–Trinajstić information content (AvgIpc) is 3.16. The summed E-state index contributed by atoms with van der Waals surface area (Å²) in [5.41, 5.74) is 12.9. The highest BCUT2D eigenvalue weighted by atomic mass is 15.1. The minimum absolute atomic E-state index is 1.11. The van der Waals surface area contributed by atoms with Gasteiger partial charge in [-0.15, -0.1) is 0 Å². The lowest BCUT2D eigenvalue weighted by atomic mass is 9.88. The van der Waals surface area contributed by atoms with Crippen molar-refractivity contribution in [2.45, 2.75) is 0 Å². The Labute approximate surface area is 276 Å². The molecule has 0 saturated carbocycles. The summed E-state index contributed by atoms with van der Waals surface area (Å²) in [6.07, 6.45) is 0. The summed E-state index contributed by atoms with van der Waals surface area (Å²) in [4.78, 5) is 2.41. The van der Waals surface area contributed by atoms with Crippen LogP contribution >= 0.6 is 0 Å². The van der Waals surface area contributed by atoms with E-state index in [0.29, 0.717) is 0 Å². The topological polar surface area (TPSA) is 3.24 Å². The second-order valence-corrected chi connectivity index (χ2v) is 11.8. The molecule has 0 fully saturated rings. The maximum absolute atomic E-state index is 2.41. The zero-order chi connectivity index (χ0) is 31.4. The molecule has 0 spiro atoms. The molecule has 47 heavy (non-hydrogen) atoms. The quantitative estimate of drug-likeness (QED) is 0.176. The molecule has 0 amide bonds. The first-order chi connectivity index (χ1) is 23.3. The van der Waals surface area contributed by atoms with Crippen LogP contribution in [0.1, 0.15) is 0 Å². The van der Waals surface area contributed by atoms with E-state index in [-0.39, 0.29) is 0 Å². The van der Waals surface area contributed by atoms with Gasteiger partial charge in [-0.25, -0.2) is 0 Å². The molecule has 0 heterocycles. The lowest BCUT2D eigenvalue weighted by Gasteiger charge is -2.29. The van der Waals surface area contributed by atoms with Gasteiger partial charge in [-0.2, -0.15) is 0 Å². The summed E-state index contributed by atoms with van der Waals surface area (Å²) < 4.78 is 0. The van der Waals surface area contributed by atoms with Crippen LogP contribution in [0.5, 0.6) is 0 Å². The van der Waals surface area contributed by atoms with E-state index in [1.807, 2.05) is 0 Å². The van der Waals surface area contributed by atoms with Gasteiger partial charge in [-0.1, -0.05) is 170 Å². The van der Waals surface area contributed by atoms with Crippen LogP contribution in [0.25, 0.3) is 55.3 Å². The van der Waals surface area contributed by atoms with Gasteiger partial charge in [-0.05, 0) is 80.0 Å². The highest BCUT2D eigenvalue weighted by Gasteiger charge is 2.20. The Morgan fingerprint density at radius 2 is 0.745 bits per heavy atom. The van der Waals surface area contributed by atoms with E-state index in [1.54, 1.807) is 0 Å². The fourth-order valence-electron chi connectivity index (χ4n) is 6.63. The molecule has 1 nitrogen and oxygen atoms in total. The fourth-order valence-corrected chi connectivity index (χ4v) is 6.63. The van der Waals surface area contributed by atoms with Crippen molar-refractivity contribution < 1.29 is 0 Å². The molecule has 1 heteroatoms. The summed E-state index contributed by atoms with van der Waals surface area (Å²) in [5.74, 6) is 0. The van der Waals surface area contributed by atoms with E-state index < -0.39 is 0 Å². The highest BCUT2D eigenvalue weighted by Crippen LogP contribution is 2.45. The Morgan fingerprint density at radius 1 is 0.255 bits per heavy atom. The molecule has 8 aromatic rings. The smallest absolute Gasteiger partial charge is 0.0540 e. The second kappa shape index (κ2) is 12.7. The molecule has 0 bridgehead atoms. The van der Waals surface area contributed by atoms with Crippen molar-refractivity contribution in [1.29, 1.82) is 0 Å². The number of rotatable bonds is 7. The van der Waals surface area contributed by atoms with E-state index in [4.69, 9.17) is 0 Å². The Bertz CT molecular complexity index is 2300. The molecule has 0 aliphatic heterocycles. The molecule has 0 saturated heterocycles. The number of benzene rings is 8. The van der Waals surface area contributed by atoms with Crippen LogP contribution in [0, 0.1) is 0 Å². The van der Waals surface area contributed by atoms with Crippen molar-refractivity contribution >= 4 is 27.8 Å². The third kappa shape index (κ3) is 5.60. The Balaban J connectivity index is 1.35. The van der Waals surface area contributed by atoms with Crippen LogP contribution in [-0.4, -0.2) is 0 Å². The number of anilines is 3. The number of hydrogen-bond donors (Lipinski definition) is 0. The molecule has 0 aliphatic carbocycles. The number of nitrogens with zero attached hydrogens (tertiary/aromatic N) is 1. The van der Waals surface area contributed by atoms with E-state index in [9.17, 15) is 0 Å². The molecule has 0 unspecified atom stereocenters. The average molecular weight is 600 g/mol. The normalized spacial score (nSPS) is 11.0. The minimum atomic E-state index is 1.11. The van der Waals surface area contributed by atoms with Crippen LogP contribution in [0.3, 0.4) is 0 Å². The maximum Gasteiger partial charge on any atom is 0.0540 e. The number of hydrogen-bond acceptors (Lipinski definition) is 1. The molecule has 0 aromatic heterocycles. The van der Waals surface area contributed by atoms with E-state index in [1.165, 1.54) is 55.3 Å². The highest BCUT2D eigenvalue weighted by molar-refractivity contribution is 5.98. The molecule has 222 valence electrons. The standard InChI is InChI=1S/C46H33N/c1-3-16-34(17-4-1)38-22-15-23-39(32-38)47(40-31-30-35-18-7-8-21-37(35)33-40)46-29-14-13-28-45(46)44-27-12-11-26-43(44)42-25-10-9-24-41(42)36-19-5-2-6-20-36/h1-33H. The monoisotopic (exact) mass is 599 g/mol. The summed E-state index contributed by atoms with van der Waals surface area (Å²) in [6, 6.07) is 71.9. The van der Waals surface area contributed by atoms with Crippen molar-refractivity contribution in [1.82, 2.24) is 0 Å². The summed E-state index contributed by atoms with van der Waals surface area (Å²) >= 11 is 0. The van der Waals surface area contributed by atoms with Crippen LogP contribution in [-0.2, 0) is 0 Å². The van der Waals surface area contributed by atoms with Gasteiger partial charge in [0, 0.05) is 16.9 Å². The summed E-state index contributed by atoms with van der Waals surface area (Å²) in [5, 5.41) is 2.44. The molecule has 0 N–H and O–H groups in total. The van der Waals surface area contributed by atoms with Gasteiger partial charge in [-0.3, -0.25) is 0 Å². The van der Waals surface area contributed by atoms with Crippen molar-refractivity contribution in [2.24, 2.45) is 0 Å². The minimum Gasteiger partial charge on any atom is -0.310 e. The van der Waals surface area contributed by atoms with Crippen molar-refractivity contribution in [3.63, 3.8) is 0 Å². The first kappa shape index (κ1) is 28.3. The van der Waals surface area contributed by atoms with Crippen LogP contribution < -0.4 is 4.90 Å². The van der Waals surface area contributed by atoms with E-state index in [0.717, 1.165) is 17.1 Å². The third-order valence-electron chi connectivity index (χ3n) is 8.87. The molecular formula is C46H33N. The van der Waals surface area contributed by atoms with Crippen LogP contribution in [0.15, 0.2) is 200 Å². The van der Waals surface area contributed by atoms with Crippen LogP contribution in [0.4, 0.5) is 17.1 Å². The molecular weight excluding hydrogens is 567 g/mol. The van der Waals surface area contributed by atoms with Gasteiger partial charge in [0.05, 0.1) is 5.69 Å². The van der Waals surface area contributed by atoms with E-state index in [2.05, 4.69) is 205 Å². The number of fused-ring (bicyclic) bond motifs is 1. The lowest BCUT2D eigenvalue weighted by molar-refractivity contribution is 1.29. The molecule has 8 aromatic carbocycles. The maximum atomic E-state index is 2.41. The summed E-state index contributed by atoms with van der Waals surface area (Å²) in [7, 11) is 0. The first-order valence-electron chi connectivity index (χ1n) is 16.1. The molecule has 8 rings (SSSR count). The van der Waals surface area contributed by atoms with Gasteiger partial charge in [0.2, 0.25) is 0 Å². The number of para-hydroxylation sites is 1. The molecule has 0 atom stereocenters. The summed E-state index contributed by atoms with van der Waals surface area (Å²) in [6.45, 7) is 0. The van der Waals surface area contributed by atoms with Gasteiger partial charge in [0.15, 0.2) is 0 Å². The molecule has 0 aliphatic rings. The van der Waals surface area contributed by atoms with Crippen molar-refractivity contribution in [3.8, 4) is 44.5 Å². The Hall–Kier alpha value is -6.18. The first-order valence-corrected chi connectivity index (χ1v) is 16.1. The second-order valence-electron chi connectivity index (χ2n) is 11.8. The Morgan fingerprint density at radius 3 is 1.47 bits per heavy atom. The van der Waals surface area contributed by atoms with Gasteiger partial charge >= 0.3 is 0 Å². The predicted molar refractivity (Wildman–Crippen MR) is 200 cm³/mol. The zero-order valence-electron chi connectivity index (χ0n) is 26.0. The van der Waals surface area contributed by atoms with Gasteiger partial charge < -0.3 is 4.90 Å².